The first-order valence-corrected chi connectivity index (χ1v) is 7.52. The largest absolute Gasteiger partial charge is 0.469 e. The number of hydrogen-bond donors (Lipinski definition) is 1. The molecule has 0 bridgehead atoms. The second kappa shape index (κ2) is 4.35. The molecule has 114 valence electrons. The first-order valence-electron chi connectivity index (χ1n) is 7.52. The molecule has 1 aromatic heterocycles. The molecule has 2 heterocycles. The smallest absolute Gasteiger partial charge is 0.314 e. The summed E-state index contributed by atoms with van der Waals surface area (Å²) < 4.78 is 7.19. The molecule has 1 aliphatic carbocycles. The van der Waals surface area contributed by atoms with Gasteiger partial charge in [-0.05, 0) is 24.5 Å². The Balaban J connectivity index is 1.96. The summed E-state index contributed by atoms with van der Waals surface area (Å²) in [5, 5.41) is 4.19. The van der Waals surface area contributed by atoms with Gasteiger partial charge in [0.15, 0.2) is 0 Å². The highest BCUT2D eigenvalue weighted by atomic mass is 16.5. The second-order valence-corrected chi connectivity index (χ2v) is 6.26. The number of aromatic nitrogens is 1. The van der Waals surface area contributed by atoms with Crippen LogP contribution in [0.5, 0.6) is 0 Å². The lowest BCUT2D eigenvalue weighted by atomic mass is 9.74. The Morgan fingerprint density at radius 3 is 2.95 bits per heavy atom. The summed E-state index contributed by atoms with van der Waals surface area (Å²) in [5.74, 6) is -0.222. The number of hydrogen-bond acceptors (Lipinski definition) is 3. The van der Waals surface area contributed by atoms with E-state index in [0.717, 1.165) is 22.2 Å². The van der Waals surface area contributed by atoms with E-state index in [0.29, 0.717) is 19.3 Å². The quantitative estimate of drug-likeness (QED) is 0.817. The van der Waals surface area contributed by atoms with E-state index in [2.05, 4.69) is 22.0 Å². The standard InChI is InChI=1S/C17H18N2O3/c1-19-12-6-4-3-5-10(12)11-9-17(16(21)22-2)8-7-13(20)18-15(17)14(11)19/h3-6,15H,7-9H2,1-2H3,(H,18,20)/t15-,17-/m0/s1. The number of nitrogens with zero attached hydrogens (tertiary/aromatic N) is 1. The van der Waals surface area contributed by atoms with Gasteiger partial charge in [-0.3, -0.25) is 9.59 Å². The molecule has 0 saturated carbocycles. The van der Waals surface area contributed by atoms with E-state index >= 15 is 0 Å². The van der Waals surface area contributed by atoms with Crippen LogP contribution in [0.4, 0.5) is 0 Å². The topological polar surface area (TPSA) is 60.3 Å². The van der Waals surface area contributed by atoms with Crippen LogP contribution >= 0.6 is 0 Å². The van der Waals surface area contributed by atoms with E-state index in [-0.39, 0.29) is 17.9 Å². The number of nitrogens with one attached hydrogen (secondary N) is 1. The van der Waals surface area contributed by atoms with Crippen molar-refractivity contribution in [1.29, 1.82) is 0 Å². The number of carbonyl (C=O) groups excluding carboxylic acids is 2. The summed E-state index contributed by atoms with van der Waals surface area (Å²) in [6.45, 7) is 0. The molecule has 1 amide bonds. The van der Waals surface area contributed by atoms with Gasteiger partial charge in [0, 0.05) is 30.1 Å². The van der Waals surface area contributed by atoms with Crippen LogP contribution < -0.4 is 5.32 Å². The third-order valence-corrected chi connectivity index (χ3v) is 5.27. The van der Waals surface area contributed by atoms with Crippen molar-refractivity contribution in [3.05, 3.63) is 35.5 Å². The highest BCUT2D eigenvalue weighted by Crippen LogP contribution is 2.53. The highest BCUT2D eigenvalue weighted by Gasteiger charge is 2.57. The molecule has 2 aromatic rings. The van der Waals surface area contributed by atoms with Crippen molar-refractivity contribution >= 4 is 22.8 Å². The van der Waals surface area contributed by atoms with Gasteiger partial charge in [0.05, 0.1) is 18.6 Å². The van der Waals surface area contributed by atoms with Crippen LogP contribution in [0.2, 0.25) is 0 Å². The number of methoxy groups -OCH3 is 1. The first kappa shape index (κ1) is 13.4. The van der Waals surface area contributed by atoms with Gasteiger partial charge in [0.1, 0.15) is 0 Å². The Kier molecular flexibility index (Phi) is 2.64. The minimum atomic E-state index is -0.658. The lowest BCUT2D eigenvalue weighted by molar-refractivity contribution is -0.157. The molecular weight excluding hydrogens is 280 g/mol. The summed E-state index contributed by atoms with van der Waals surface area (Å²) in [6, 6.07) is 7.86. The summed E-state index contributed by atoms with van der Waals surface area (Å²) in [5.41, 5.74) is 2.68. The van der Waals surface area contributed by atoms with E-state index in [9.17, 15) is 9.59 Å². The number of rotatable bonds is 1. The van der Waals surface area contributed by atoms with Crippen molar-refractivity contribution in [2.24, 2.45) is 12.5 Å². The molecule has 2 aliphatic rings. The number of ether oxygens (including phenoxy) is 1. The Labute approximate surface area is 128 Å². The molecule has 1 fully saturated rings. The van der Waals surface area contributed by atoms with Gasteiger partial charge in [-0.1, -0.05) is 18.2 Å². The zero-order valence-corrected chi connectivity index (χ0v) is 12.7. The maximum atomic E-state index is 12.5. The number of esters is 1. The maximum absolute atomic E-state index is 12.5. The Morgan fingerprint density at radius 2 is 2.18 bits per heavy atom. The molecule has 4 rings (SSSR count). The van der Waals surface area contributed by atoms with E-state index in [1.54, 1.807) is 0 Å². The van der Waals surface area contributed by atoms with Crippen molar-refractivity contribution in [2.75, 3.05) is 7.11 Å². The number of amides is 1. The molecule has 5 heteroatoms. The minimum absolute atomic E-state index is 0.00244. The van der Waals surface area contributed by atoms with Crippen LogP contribution in [0.1, 0.15) is 30.1 Å². The molecule has 5 nitrogen and oxygen atoms in total. The van der Waals surface area contributed by atoms with E-state index in [1.165, 1.54) is 7.11 Å². The van der Waals surface area contributed by atoms with Crippen LogP contribution in [-0.2, 0) is 27.8 Å². The molecule has 1 N–H and O–H groups in total. The van der Waals surface area contributed by atoms with Gasteiger partial charge in [0.25, 0.3) is 0 Å². The average Bonchev–Trinajstić information content (AvgIpc) is 3.01. The monoisotopic (exact) mass is 298 g/mol. The number of aryl methyl sites for hydroxylation is 1. The van der Waals surface area contributed by atoms with Gasteiger partial charge in [-0.2, -0.15) is 0 Å². The van der Waals surface area contributed by atoms with Crippen LogP contribution in [0.15, 0.2) is 24.3 Å². The zero-order valence-electron chi connectivity index (χ0n) is 12.7. The maximum Gasteiger partial charge on any atom is 0.314 e. The lowest BCUT2D eigenvalue weighted by Crippen LogP contribution is -2.49. The summed E-state index contributed by atoms with van der Waals surface area (Å²) in [6.07, 6.45) is 1.54. The molecule has 1 aromatic carbocycles. The SMILES string of the molecule is COC(=O)[C@]12CCC(=O)N[C@H]1c1c(c3ccccc3n1C)C2. The average molecular weight is 298 g/mol. The highest BCUT2D eigenvalue weighted by molar-refractivity contribution is 5.92. The molecule has 2 atom stereocenters. The van der Waals surface area contributed by atoms with Crippen LogP contribution in [-0.4, -0.2) is 23.6 Å². The van der Waals surface area contributed by atoms with Crippen LogP contribution in [0, 0.1) is 5.41 Å². The van der Waals surface area contributed by atoms with Crippen LogP contribution in [0.25, 0.3) is 10.9 Å². The Bertz CT molecular complexity index is 808. The molecule has 0 spiro atoms. The third-order valence-electron chi connectivity index (χ3n) is 5.27. The number of carbonyl (C=O) groups is 2. The number of piperidine rings is 1. The predicted octanol–water partition coefficient (Wildman–Crippen LogP) is 1.84. The number of para-hydroxylation sites is 1. The van der Waals surface area contributed by atoms with E-state index in [1.807, 2.05) is 19.2 Å². The van der Waals surface area contributed by atoms with Crippen molar-refractivity contribution in [3.63, 3.8) is 0 Å². The molecule has 22 heavy (non-hydrogen) atoms. The minimum Gasteiger partial charge on any atom is -0.469 e. The predicted molar refractivity (Wildman–Crippen MR) is 81.2 cm³/mol. The Morgan fingerprint density at radius 1 is 1.41 bits per heavy atom. The van der Waals surface area contributed by atoms with E-state index < -0.39 is 5.41 Å². The van der Waals surface area contributed by atoms with E-state index in [4.69, 9.17) is 4.74 Å². The van der Waals surface area contributed by atoms with Crippen molar-refractivity contribution in [1.82, 2.24) is 9.88 Å². The number of benzene rings is 1. The van der Waals surface area contributed by atoms with Gasteiger partial charge >= 0.3 is 5.97 Å². The van der Waals surface area contributed by atoms with Gasteiger partial charge < -0.3 is 14.6 Å². The third kappa shape index (κ3) is 1.48. The fraction of sp³-hybridized carbons (Fsp3) is 0.412. The fourth-order valence-electron chi connectivity index (χ4n) is 4.23. The fourth-order valence-corrected chi connectivity index (χ4v) is 4.23. The molecular formula is C17H18N2O3. The molecule has 1 saturated heterocycles. The Hall–Kier alpha value is -2.30. The van der Waals surface area contributed by atoms with Gasteiger partial charge in [-0.25, -0.2) is 0 Å². The number of fused-ring (bicyclic) bond motifs is 5. The summed E-state index contributed by atoms with van der Waals surface area (Å²) in [4.78, 5) is 24.4. The summed E-state index contributed by atoms with van der Waals surface area (Å²) >= 11 is 0. The first-order chi connectivity index (χ1) is 10.6. The lowest BCUT2D eigenvalue weighted by Gasteiger charge is -2.37. The van der Waals surface area contributed by atoms with Crippen molar-refractivity contribution in [2.45, 2.75) is 25.3 Å². The van der Waals surface area contributed by atoms with Crippen LogP contribution in [0.3, 0.4) is 0 Å². The molecule has 1 aliphatic heterocycles. The zero-order chi connectivity index (χ0) is 15.5. The van der Waals surface area contributed by atoms with Crippen molar-refractivity contribution in [3.8, 4) is 0 Å². The van der Waals surface area contributed by atoms with Crippen molar-refractivity contribution < 1.29 is 14.3 Å². The summed E-state index contributed by atoms with van der Waals surface area (Å²) in [7, 11) is 3.42. The molecule has 0 unspecified atom stereocenters. The van der Waals surface area contributed by atoms with Gasteiger partial charge in [-0.15, -0.1) is 0 Å². The second-order valence-electron chi connectivity index (χ2n) is 6.26. The van der Waals surface area contributed by atoms with Gasteiger partial charge in [0.2, 0.25) is 5.91 Å². The molecule has 0 radical (unpaired) electrons. The normalized spacial score (nSPS) is 26.5.